The van der Waals surface area contributed by atoms with Gasteiger partial charge in [-0.1, -0.05) is 54.6 Å². The van der Waals surface area contributed by atoms with E-state index in [9.17, 15) is 9.59 Å². The van der Waals surface area contributed by atoms with Crippen LogP contribution in [0.1, 0.15) is 85.0 Å². The molecule has 0 fully saturated rings. The van der Waals surface area contributed by atoms with Gasteiger partial charge in [0.25, 0.3) is 0 Å². The number of amides is 2. The molecule has 2 amide bonds. The van der Waals surface area contributed by atoms with Gasteiger partial charge in [0.15, 0.2) is 0 Å². The molecule has 9 heteroatoms. The first-order chi connectivity index (χ1) is 23.7. The van der Waals surface area contributed by atoms with Gasteiger partial charge < -0.3 is 21.0 Å². The van der Waals surface area contributed by atoms with Gasteiger partial charge in [-0.2, -0.15) is 0 Å². The second-order valence-electron chi connectivity index (χ2n) is 12.5. The number of aromatic amines is 2. The maximum Gasteiger partial charge on any atom is 0.248 e. The third-order valence-corrected chi connectivity index (χ3v) is 9.37. The molecule has 6 aromatic rings. The minimum Gasteiger partial charge on any atom is -0.366 e. The predicted octanol–water partition coefficient (Wildman–Crippen LogP) is 7.29. The van der Waals surface area contributed by atoms with Crippen molar-refractivity contribution in [1.29, 1.82) is 0 Å². The largest absolute Gasteiger partial charge is 0.366 e. The van der Waals surface area contributed by atoms with Gasteiger partial charge in [0.05, 0.1) is 12.7 Å². The van der Waals surface area contributed by atoms with Crippen LogP contribution in [0.25, 0.3) is 0 Å². The number of hydrogen-bond acceptors (Lipinski definition) is 4. The van der Waals surface area contributed by atoms with Crippen LogP contribution in [0.5, 0.6) is 0 Å². The van der Waals surface area contributed by atoms with E-state index in [1.807, 2.05) is 18.3 Å². The van der Waals surface area contributed by atoms with Gasteiger partial charge in [-0.15, -0.1) is 0 Å². The first kappa shape index (κ1) is 33.1. The fourth-order valence-electron chi connectivity index (χ4n) is 6.69. The number of carbonyl (C=O) groups excluding carboxylic acids is 2. The van der Waals surface area contributed by atoms with Crippen molar-refractivity contribution in [2.75, 3.05) is 5.32 Å². The van der Waals surface area contributed by atoms with Gasteiger partial charge in [-0.05, 0) is 102 Å². The number of aromatic nitrogens is 4. The summed E-state index contributed by atoms with van der Waals surface area (Å²) in [5, 5.41) is 2.65. The van der Waals surface area contributed by atoms with Crippen molar-refractivity contribution in [2.45, 2.75) is 51.9 Å². The number of nitrogens with zero attached hydrogens (tertiary/aromatic N) is 2. The first-order valence-corrected chi connectivity index (χ1v) is 16.3. The summed E-state index contributed by atoms with van der Waals surface area (Å²) >= 11 is 0. The number of hydrogen-bond donors (Lipinski definition) is 4. The summed E-state index contributed by atoms with van der Waals surface area (Å²) < 4.78 is 15.3. The van der Waals surface area contributed by atoms with Gasteiger partial charge in [0, 0.05) is 53.8 Å². The molecule has 2 heterocycles. The fraction of sp³-hybridized carbons (Fsp3) is 0.200. The van der Waals surface area contributed by atoms with E-state index >= 15 is 4.39 Å². The molecule has 0 saturated carbocycles. The Bertz CT molecular complexity index is 2070. The van der Waals surface area contributed by atoms with Crippen LogP contribution in [0.4, 0.5) is 10.1 Å². The van der Waals surface area contributed by atoms with Gasteiger partial charge in [-0.25, -0.2) is 14.4 Å². The number of imidazole rings is 2. The van der Waals surface area contributed by atoms with Crippen molar-refractivity contribution in [3.8, 4) is 0 Å². The Balaban J connectivity index is 1.31. The lowest BCUT2D eigenvalue weighted by molar-refractivity contribution is -0.114. The monoisotopic (exact) mass is 654 g/mol. The van der Waals surface area contributed by atoms with Crippen molar-refractivity contribution < 1.29 is 14.0 Å². The number of rotatable bonds is 12. The molecule has 0 aliphatic heterocycles. The molecular formula is C40H39FN6O2. The molecule has 0 saturated heterocycles. The maximum absolute atomic E-state index is 15.3. The molecule has 6 rings (SSSR count). The third-order valence-electron chi connectivity index (χ3n) is 9.37. The third kappa shape index (κ3) is 7.51. The van der Waals surface area contributed by atoms with Crippen LogP contribution in [0.2, 0.25) is 0 Å². The van der Waals surface area contributed by atoms with Crippen LogP contribution in [0, 0.1) is 19.7 Å². The Morgan fingerprint density at radius 2 is 1.35 bits per heavy atom. The molecule has 0 radical (unpaired) electrons. The number of carbonyl (C=O) groups is 2. The molecule has 2 atom stereocenters. The Morgan fingerprint density at radius 3 is 1.84 bits per heavy atom. The summed E-state index contributed by atoms with van der Waals surface area (Å²) in [5.41, 5.74) is 17.0. The highest BCUT2D eigenvalue weighted by molar-refractivity contribution is 5.92. The highest BCUT2D eigenvalue weighted by Gasteiger charge is 2.23. The number of primary amides is 1. The normalized spacial score (nSPS) is 12.4. The zero-order valence-electron chi connectivity index (χ0n) is 27.8. The Labute approximate surface area is 285 Å². The summed E-state index contributed by atoms with van der Waals surface area (Å²) in [6.45, 7) is 5.70. The zero-order chi connectivity index (χ0) is 34.5. The summed E-state index contributed by atoms with van der Waals surface area (Å²) in [6.07, 6.45) is 8.87. The van der Waals surface area contributed by atoms with E-state index in [0.29, 0.717) is 29.7 Å². The van der Waals surface area contributed by atoms with Crippen LogP contribution in [0.15, 0.2) is 104 Å². The number of H-pyrrole nitrogens is 2. The maximum atomic E-state index is 15.3. The van der Waals surface area contributed by atoms with E-state index in [2.05, 4.69) is 75.5 Å². The minimum absolute atomic E-state index is 0.0194. The average molecular weight is 655 g/mol. The molecular weight excluding hydrogens is 615 g/mol. The van der Waals surface area contributed by atoms with Crippen LogP contribution in [0.3, 0.4) is 0 Å². The van der Waals surface area contributed by atoms with Crippen molar-refractivity contribution in [3.05, 3.63) is 171 Å². The van der Waals surface area contributed by atoms with Crippen molar-refractivity contribution in [1.82, 2.24) is 19.9 Å². The number of halogens is 1. The van der Waals surface area contributed by atoms with Crippen LogP contribution in [-0.4, -0.2) is 31.8 Å². The van der Waals surface area contributed by atoms with E-state index in [1.165, 1.54) is 35.2 Å². The fourth-order valence-corrected chi connectivity index (χ4v) is 6.69. The van der Waals surface area contributed by atoms with E-state index in [-0.39, 0.29) is 23.6 Å². The molecule has 0 spiro atoms. The smallest absolute Gasteiger partial charge is 0.248 e. The Hall–Kier alpha value is -5.83. The van der Waals surface area contributed by atoms with Gasteiger partial charge in [0.2, 0.25) is 11.8 Å². The lowest BCUT2D eigenvalue weighted by atomic mass is 9.82. The van der Waals surface area contributed by atoms with Crippen LogP contribution >= 0.6 is 0 Å². The number of nitrogens with one attached hydrogen (secondary N) is 3. The highest BCUT2D eigenvalue weighted by Crippen LogP contribution is 2.35. The second kappa shape index (κ2) is 14.5. The summed E-state index contributed by atoms with van der Waals surface area (Å²) in [7, 11) is 0. The van der Waals surface area contributed by atoms with E-state index < -0.39 is 5.91 Å². The van der Waals surface area contributed by atoms with Crippen molar-refractivity contribution in [2.24, 2.45) is 5.73 Å². The summed E-state index contributed by atoms with van der Waals surface area (Å²) in [5.74, 6) is -1.20. The number of nitrogens with two attached hydrogens (primary N) is 1. The lowest BCUT2D eigenvalue weighted by Gasteiger charge is -2.23. The van der Waals surface area contributed by atoms with Gasteiger partial charge >= 0.3 is 0 Å². The van der Waals surface area contributed by atoms with Crippen LogP contribution in [-0.2, 0) is 24.1 Å². The summed E-state index contributed by atoms with van der Waals surface area (Å²) in [6, 6.07) is 25.1. The predicted molar refractivity (Wildman–Crippen MR) is 189 cm³/mol. The Morgan fingerprint density at radius 1 is 0.776 bits per heavy atom. The zero-order valence-corrected chi connectivity index (χ0v) is 27.8. The number of benzene rings is 4. The molecule has 0 aliphatic rings. The van der Waals surface area contributed by atoms with E-state index in [4.69, 9.17) is 5.73 Å². The molecule has 2 unspecified atom stereocenters. The molecule has 49 heavy (non-hydrogen) atoms. The van der Waals surface area contributed by atoms with Crippen LogP contribution < -0.4 is 11.1 Å². The van der Waals surface area contributed by atoms with E-state index in [1.54, 1.807) is 43.1 Å². The van der Waals surface area contributed by atoms with Gasteiger partial charge in [0.1, 0.15) is 5.82 Å². The first-order valence-electron chi connectivity index (χ1n) is 16.3. The second-order valence-corrected chi connectivity index (χ2v) is 12.5. The quantitative estimate of drug-likeness (QED) is 0.110. The molecule has 5 N–H and O–H groups in total. The summed E-state index contributed by atoms with van der Waals surface area (Å²) in [4.78, 5) is 38.3. The lowest BCUT2D eigenvalue weighted by Crippen LogP contribution is -2.12. The Kier molecular flexibility index (Phi) is 9.80. The highest BCUT2D eigenvalue weighted by atomic mass is 19.1. The molecule has 2 aromatic heterocycles. The average Bonchev–Trinajstić information content (AvgIpc) is 3.81. The topological polar surface area (TPSA) is 130 Å². The van der Waals surface area contributed by atoms with Crippen molar-refractivity contribution in [3.63, 3.8) is 0 Å². The molecule has 0 bridgehead atoms. The molecule has 4 aromatic carbocycles. The molecule has 248 valence electrons. The molecule has 8 nitrogen and oxygen atoms in total. The molecule has 0 aliphatic carbocycles. The SMILES string of the molecule is CC(=O)Nc1ccc(CC(c2cnc[nH]2)c2cccc(Cc3cccc(C(Cc4ccc(C(N)=O)cc4)c4cnc[nH]4)c3C)c2C)c(F)c1. The van der Waals surface area contributed by atoms with E-state index in [0.717, 1.165) is 34.5 Å². The minimum atomic E-state index is -0.444. The number of anilines is 1. The van der Waals surface area contributed by atoms with Crippen molar-refractivity contribution >= 4 is 17.5 Å². The van der Waals surface area contributed by atoms with Gasteiger partial charge in [-0.3, -0.25) is 9.59 Å². The standard InChI is InChI=1S/C40H39FN6O2/c1-24-29(6-4-8-33(24)35(38-20-43-22-45-38)16-27-10-12-28(13-11-27)40(42)49)17-30-7-5-9-34(25(30)2)36(39-21-44-23-46-39)18-31-14-15-32(19-37(31)41)47-26(3)48/h4-15,19-23,35-36H,16-18H2,1-3H3,(H2,42,49)(H,43,45)(H,44,46)(H,47,48).